The Morgan fingerprint density at radius 1 is 1.05 bits per heavy atom. The van der Waals surface area contributed by atoms with Crippen LogP contribution in [0.25, 0.3) is 0 Å². The average molecular weight is 278 g/mol. The lowest BCUT2D eigenvalue weighted by Crippen LogP contribution is -2.46. The molecule has 0 aromatic heterocycles. The number of hydrogen-bond acceptors (Lipinski definition) is 2. The second kappa shape index (κ2) is 6.46. The molecule has 0 bridgehead atoms. The molecule has 0 radical (unpaired) electrons. The molecular weight excluding hydrogens is 248 g/mol. The summed E-state index contributed by atoms with van der Waals surface area (Å²) in [5.41, 5.74) is 6.05. The Kier molecular flexibility index (Phi) is 4.65. The summed E-state index contributed by atoms with van der Waals surface area (Å²) in [6, 6.07) is 0.975. The number of nitrogens with two attached hydrogens (primary N) is 1. The molecule has 1 amide bonds. The van der Waals surface area contributed by atoms with E-state index in [0.29, 0.717) is 23.9 Å². The second-order valence-electron chi connectivity index (χ2n) is 7.32. The Morgan fingerprint density at radius 3 is 2.70 bits per heavy atom. The van der Waals surface area contributed by atoms with Gasteiger partial charge in [-0.1, -0.05) is 19.3 Å². The van der Waals surface area contributed by atoms with Crippen molar-refractivity contribution in [2.45, 2.75) is 82.7 Å². The monoisotopic (exact) mass is 278 g/mol. The molecule has 1 saturated heterocycles. The summed E-state index contributed by atoms with van der Waals surface area (Å²) in [7, 11) is 0. The van der Waals surface area contributed by atoms with Gasteiger partial charge in [0, 0.05) is 25.0 Å². The van der Waals surface area contributed by atoms with Crippen LogP contribution in [-0.4, -0.2) is 29.4 Å². The van der Waals surface area contributed by atoms with Crippen LogP contribution >= 0.6 is 0 Å². The molecule has 2 aliphatic carbocycles. The van der Waals surface area contributed by atoms with Gasteiger partial charge in [-0.3, -0.25) is 4.79 Å². The number of piperidine rings is 1. The van der Waals surface area contributed by atoms with Crippen LogP contribution in [0.5, 0.6) is 0 Å². The molecule has 20 heavy (non-hydrogen) atoms. The van der Waals surface area contributed by atoms with Gasteiger partial charge < -0.3 is 10.6 Å². The summed E-state index contributed by atoms with van der Waals surface area (Å²) in [5, 5.41) is 0. The molecule has 0 aromatic carbocycles. The van der Waals surface area contributed by atoms with Crippen molar-refractivity contribution in [3.63, 3.8) is 0 Å². The van der Waals surface area contributed by atoms with Crippen molar-refractivity contribution >= 4 is 5.91 Å². The fourth-order valence-electron chi connectivity index (χ4n) is 4.83. The van der Waals surface area contributed by atoms with Crippen molar-refractivity contribution in [3.8, 4) is 0 Å². The quantitative estimate of drug-likeness (QED) is 0.862. The minimum Gasteiger partial charge on any atom is -0.339 e. The number of hydrogen-bond donors (Lipinski definition) is 1. The van der Waals surface area contributed by atoms with E-state index in [9.17, 15) is 4.79 Å². The standard InChI is InChI=1S/C17H30N2O/c18-15-7-1-4-13(12-15)9-10-17(20)19-11-3-6-14-5-2-8-16(14)19/h13-16H,1-12,18H2. The minimum atomic E-state index is 0.387. The molecule has 3 rings (SSSR count). The van der Waals surface area contributed by atoms with Crippen LogP contribution in [0.15, 0.2) is 0 Å². The first kappa shape index (κ1) is 14.4. The van der Waals surface area contributed by atoms with Gasteiger partial charge in [-0.15, -0.1) is 0 Å². The molecule has 4 atom stereocenters. The van der Waals surface area contributed by atoms with Crippen LogP contribution in [-0.2, 0) is 4.79 Å². The summed E-state index contributed by atoms with van der Waals surface area (Å²) >= 11 is 0. The third kappa shape index (κ3) is 3.19. The molecular formula is C17H30N2O. The molecule has 114 valence electrons. The first-order chi connectivity index (χ1) is 9.74. The summed E-state index contributed by atoms with van der Waals surface area (Å²) in [5.74, 6) is 1.95. The largest absolute Gasteiger partial charge is 0.339 e. The van der Waals surface area contributed by atoms with Gasteiger partial charge in [0.05, 0.1) is 0 Å². The second-order valence-corrected chi connectivity index (χ2v) is 7.32. The van der Waals surface area contributed by atoms with E-state index in [4.69, 9.17) is 5.73 Å². The van der Waals surface area contributed by atoms with Crippen molar-refractivity contribution in [1.29, 1.82) is 0 Å². The highest BCUT2D eigenvalue weighted by molar-refractivity contribution is 5.76. The highest BCUT2D eigenvalue weighted by Gasteiger charge is 2.37. The fraction of sp³-hybridized carbons (Fsp3) is 0.941. The summed E-state index contributed by atoms with van der Waals surface area (Å²) < 4.78 is 0. The third-order valence-corrected chi connectivity index (χ3v) is 5.90. The van der Waals surface area contributed by atoms with Gasteiger partial charge in [0.15, 0.2) is 0 Å². The van der Waals surface area contributed by atoms with Gasteiger partial charge >= 0.3 is 0 Å². The van der Waals surface area contributed by atoms with Crippen LogP contribution < -0.4 is 5.73 Å². The number of carbonyl (C=O) groups is 1. The number of rotatable bonds is 3. The zero-order chi connectivity index (χ0) is 13.9. The van der Waals surface area contributed by atoms with Gasteiger partial charge in [0.25, 0.3) is 0 Å². The van der Waals surface area contributed by atoms with Gasteiger partial charge in [0.2, 0.25) is 5.91 Å². The van der Waals surface area contributed by atoms with Crippen molar-refractivity contribution in [3.05, 3.63) is 0 Å². The van der Waals surface area contributed by atoms with Crippen LogP contribution in [0.4, 0.5) is 0 Å². The number of carbonyl (C=O) groups excluding carboxylic acids is 1. The topological polar surface area (TPSA) is 46.3 Å². The van der Waals surface area contributed by atoms with E-state index in [2.05, 4.69) is 4.90 Å². The van der Waals surface area contributed by atoms with Crippen molar-refractivity contribution < 1.29 is 4.79 Å². The summed E-state index contributed by atoms with van der Waals surface area (Å²) in [6.45, 7) is 1.02. The molecule has 0 spiro atoms. The number of likely N-dealkylation sites (tertiary alicyclic amines) is 1. The molecule has 3 aliphatic rings. The highest BCUT2D eigenvalue weighted by Crippen LogP contribution is 2.37. The zero-order valence-corrected chi connectivity index (χ0v) is 12.7. The van der Waals surface area contributed by atoms with Crippen molar-refractivity contribution in [2.24, 2.45) is 17.6 Å². The first-order valence-corrected chi connectivity index (χ1v) is 8.79. The zero-order valence-electron chi connectivity index (χ0n) is 12.7. The lowest BCUT2D eigenvalue weighted by molar-refractivity contribution is -0.136. The number of nitrogens with zero attached hydrogens (tertiary/aromatic N) is 1. The molecule has 2 N–H and O–H groups in total. The van der Waals surface area contributed by atoms with E-state index in [1.807, 2.05) is 0 Å². The smallest absolute Gasteiger partial charge is 0.222 e. The van der Waals surface area contributed by atoms with Crippen molar-refractivity contribution in [2.75, 3.05) is 6.54 Å². The van der Waals surface area contributed by atoms with Gasteiger partial charge in [0.1, 0.15) is 0 Å². The Labute approximate surface area is 123 Å². The molecule has 0 aromatic rings. The predicted molar refractivity (Wildman–Crippen MR) is 81.2 cm³/mol. The normalized spacial score (nSPS) is 37.8. The Balaban J connectivity index is 1.48. The van der Waals surface area contributed by atoms with E-state index < -0.39 is 0 Å². The number of amides is 1. The molecule has 2 saturated carbocycles. The highest BCUT2D eigenvalue weighted by atomic mass is 16.2. The van der Waals surface area contributed by atoms with Gasteiger partial charge in [-0.2, -0.15) is 0 Å². The SMILES string of the molecule is NC1CCCC(CCC(=O)N2CCCC3CCCC32)C1. The summed E-state index contributed by atoms with van der Waals surface area (Å²) in [4.78, 5) is 14.8. The molecule has 1 aliphatic heterocycles. The van der Waals surface area contributed by atoms with E-state index in [1.54, 1.807) is 0 Å². The van der Waals surface area contributed by atoms with E-state index in [1.165, 1.54) is 51.4 Å². The third-order valence-electron chi connectivity index (χ3n) is 5.90. The van der Waals surface area contributed by atoms with E-state index in [0.717, 1.165) is 31.7 Å². The van der Waals surface area contributed by atoms with Gasteiger partial charge in [-0.25, -0.2) is 0 Å². The molecule has 1 heterocycles. The van der Waals surface area contributed by atoms with Crippen LogP contribution in [0.3, 0.4) is 0 Å². The lowest BCUT2D eigenvalue weighted by Gasteiger charge is -2.38. The fourth-order valence-corrected chi connectivity index (χ4v) is 4.83. The van der Waals surface area contributed by atoms with Crippen LogP contribution in [0.1, 0.15) is 70.6 Å². The van der Waals surface area contributed by atoms with Crippen molar-refractivity contribution in [1.82, 2.24) is 4.90 Å². The Morgan fingerprint density at radius 2 is 1.85 bits per heavy atom. The minimum absolute atomic E-state index is 0.387. The van der Waals surface area contributed by atoms with Crippen LogP contribution in [0, 0.1) is 11.8 Å². The number of fused-ring (bicyclic) bond motifs is 1. The van der Waals surface area contributed by atoms with E-state index in [-0.39, 0.29) is 0 Å². The maximum absolute atomic E-state index is 12.6. The molecule has 3 heteroatoms. The molecule has 3 fully saturated rings. The predicted octanol–water partition coefficient (Wildman–Crippen LogP) is 3.08. The maximum atomic E-state index is 12.6. The van der Waals surface area contributed by atoms with Gasteiger partial charge in [-0.05, 0) is 56.8 Å². The maximum Gasteiger partial charge on any atom is 0.222 e. The first-order valence-electron chi connectivity index (χ1n) is 8.79. The lowest BCUT2D eigenvalue weighted by atomic mass is 9.83. The molecule has 3 nitrogen and oxygen atoms in total. The molecule has 4 unspecified atom stereocenters. The Hall–Kier alpha value is -0.570. The Bertz CT molecular complexity index is 344. The summed E-state index contributed by atoms with van der Waals surface area (Å²) in [6.07, 6.45) is 13.2. The van der Waals surface area contributed by atoms with E-state index >= 15 is 0 Å². The van der Waals surface area contributed by atoms with Crippen LogP contribution in [0.2, 0.25) is 0 Å². The average Bonchev–Trinajstić information content (AvgIpc) is 2.93.